The predicted molar refractivity (Wildman–Crippen MR) is 40.7 cm³/mol. The molecule has 1 N–H and O–H groups in total. The summed E-state index contributed by atoms with van der Waals surface area (Å²) in [7, 11) is -1.84. The molecule has 11 heavy (non-hydrogen) atoms. The normalized spacial score (nSPS) is 10.7. The van der Waals surface area contributed by atoms with Crippen LogP contribution >= 0.6 is 10.8 Å². The average molecular weight is 207 g/mol. The van der Waals surface area contributed by atoms with Crippen LogP contribution in [0.25, 0.3) is 0 Å². The van der Waals surface area contributed by atoms with E-state index in [1.54, 1.807) is 7.05 Å². The molecule has 0 spiro atoms. The van der Waals surface area contributed by atoms with Crippen LogP contribution in [0.1, 0.15) is 6.42 Å². The van der Waals surface area contributed by atoms with Crippen molar-refractivity contribution < 1.29 is 42.5 Å². The Morgan fingerprint density at radius 3 is 2.45 bits per heavy atom. The maximum absolute atomic E-state index is 9.98. The van der Waals surface area contributed by atoms with Gasteiger partial charge in [0.1, 0.15) is 9.15 Å². The molecule has 0 aromatic rings. The zero-order chi connectivity index (χ0) is 8.04. The fourth-order valence-electron chi connectivity index (χ4n) is 0.410. The topological polar surface area (TPSA) is 69.2 Å². The molecular formula is C4H10NNaO3S2. The van der Waals surface area contributed by atoms with Crippen molar-refractivity contribution in [2.24, 2.45) is 0 Å². The van der Waals surface area contributed by atoms with Gasteiger partial charge in [-0.1, -0.05) is 0 Å². The second-order valence-corrected chi connectivity index (χ2v) is 5.08. The summed E-state index contributed by atoms with van der Waals surface area (Å²) < 4.78 is 29.9. The smallest absolute Gasteiger partial charge is 0.739 e. The molecule has 0 saturated carbocycles. The third kappa shape index (κ3) is 14.1. The molecule has 7 heteroatoms. The molecular weight excluding hydrogens is 197 g/mol. The summed E-state index contributed by atoms with van der Waals surface area (Å²) in [6.07, 6.45) is 0.697. The van der Waals surface area contributed by atoms with Crippen molar-refractivity contribution in [2.75, 3.05) is 19.3 Å². The van der Waals surface area contributed by atoms with Crippen LogP contribution < -0.4 is 34.9 Å². The first-order chi connectivity index (χ1) is 4.56. The van der Waals surface area contributed by atoms with Gasteiger partial charge < -0.3 is 9.87 Å². The molecule has 0 aliphatic heterocycles. The molecule has 0 aromatic carbocycles. The molecule has 0 aliphatic rings. The van der Waals surface area contributed by atoms with E-state index < -0.39 is 9.15 Å². The summed E-state index contributed by atoms with van der Waals surface area (Å²) >= 11 is 0. The molecule has 4 nitrogen and oxygen atoms in total. The Bertz CT molecular complexity index is 170. The number of rotatable bonds is 5. The quantitative estimate of drug-likeness (QED) is 0.222. The first-order valence-electron chi connectivity index (χ1n) is 2.81. The minimum Gasteiger partial charge on any atom is -0.739 e. The second-order valence-electron chi connectivity index (χ2n) is 1.69. The van der Waals surface area contributed by atoms with E-state index in [4.69, 9.17) is 0 Å². The van der Waals surface area contributed by atoms with Crippen molar-refractivity contribution in [1.29, 1.82) is 0 Å². The Hall–Kier alpha value is 1.22. The van der Waals surface area contributed by atoms with Gasteiger partial charge in [0, 0.05) is 5.75 Å². The Morgan fingerprint density at radius 2 is 2.09 bits per heavy atom. The predicted octanol–water partition coefficient (Wildman–Crippen LogP) is -3.21. The van der Waals surface area contributed by atoms with Gasteiger partial charge in [-0.15, -0.1) is 0 Å². The van der Waals surface area contributed by atoms with Crippen LogP contribution in [0.15, 0.2) is 0 Å². The molecule has 0 atom stereocenters. The Labute approximate surface area is 92.9 Å². The summed E-state index contributed by atoms with van der Waals surface area (Å²) in [5.41, 5.74) is 0. The summed E-state index contributed by atoms with van der Waals surface area (Å²) in [5.74, 6) is 0.368. The molecule has 0 heterocycles. The van der Waals surface area contributed by atoms with E-state index >= 15 is 0 Å². The van der Waals surface area contributed by atoms with Crippen molar-refractivity contribution in [3.05, 3.63) is 0 Å². The molecule has 0 bridgehead atoms. The summed E-state index contributed by atoms with van der Waals surface area (Å²) in [6.45, 7) is 0.739. The van der Waals surface area contributed by atoms with Crippen LogP contribution in [-0.2, 0) is 9.15 Å². The summed E-state index contributed by atoms with van der Waals surface area (Å²) in [5, 5.41) is 2.84. The fraction of sp³-hybridized carbons (Fsp3) is 1.00. The van der Waals surface area contributed by atoms with Gasteiger partial charge in [0.25, 0.3) is 0 Å². The Balaban J connectivity index is 0. The third-order valence-electron chi connectivity index (χ3n) is 0.799. The van der Waals surface area contributed by atoms with Gasteiger partial charge in [-0.3, -0.25) is 0 Å². The van der Waals surface area contributed by atoms with E-state index in [0.29, 0.717) is 23.0 Å². The van der Waals surface area contributed by atoms with Crippen LogP contribution in [0.3, 0.4) is 0 Å². The molecule has 0 saturated heterocycles. The maximum atomic E-state index is 9.98. The summed E-state index contributed by atoms with van der Waals surface area (Å²) in [4.78, 5) is 0. The Kier molecular flexibility index (Phi) is 10.5. The van der Waals surface area contributed by atoms with Crippen molar-refractivity contribution >= 4 is 19.9 Å². The Morgan fingerprint density at radius 1 is 1.55 bits per heavy atom. The van der Waals surface area contributed by atoms with Crippen LogP contribution in [0.5, 0.6) is 0 Å². The van der Waals surface area contributed by atoms with Crippen LogP contribution in [0, 0.1) is 0 Å². The van der Waals surface area contributed by atoms with E-state index in [0.717, 1.165) is 6.54 Å². The number of hydrogen-bond acceptors (Lipinski definition) is 5. The second kappa shape index (κ2) is 7.85. The van der Waals surface area contributed by atoms with E-state index in [-0.39, 0.29) is 29.6 Å². The van der Waals surface area contributed by atoms with E-state index in [2.05, 4.69) is 5.32 Å². The molecule has 0 radical (unpaired) electrons. The van der Waals surface area contributed by atoms with E-state index in [1.165, 1.54) is 0 Å². The maximum Gasteiger partial charge on any atom is 1.00 e. The van der Waals surface area contributed by atoms with Gasteiger partial charge in [-0.2, -0.15) is 0 Å². The van der Waals surface area contributed by atoms with Gasteiger partial charge in [0.2, 0.25) is 0 Å². The van der Waals surface area contributed by atoms with Gasteiger partial charge in [0.05, 0.1) is 0 Å². The number of nitrogens with one attached hydrogen (secondary N) is 1. The minimum absolute atomic E-state index is 0. The first-order valence-corrected chi connectivity index (χ1v) is 5.72. The van der Waals surface area contributed by atoms with Gasteiger partial charge >= 0.3 is 29.6 Å². The number of hydrogen-bond donors (Lipinski definition) is 1. The van der Waals surface area contributed by atoms with Crippen LogP contribution in [0.4, 0.5) is 0 Å². The monoisotopic (exact) mass is 207 g/mol. The molecule has 0 unspecified atom stereocenters. The largest absolute Gasteiger partial charge is 1.00 e. The van der Waals surface area contributed by atoms with Crippen LogP contribution in [0.2, 0.25) is 0 Å². The molecule has 0 aliphatic carbocycles. The summed E-state index contributed by atoms with van der Waals surface area (Å²) in [6, 6.07) is 0. The van der Waals surface area contributed by atoms with Gasteiger partial charge in [-0.25, -0.2) is 8.42 Å². The first kappa shape index (κ1) is 14.7. The average Bonchev–Trinajstić information content (AvgIpc) is 1.78. The molecule has 0 aromatic heterocycles. The molecule has 62 valence electrons. The van der Waals surface area contributed by atoms with Crippen molar-refractivity contribution in [1.82, 2.24) is 5.32 Å². The standard InChI is InChI=1S/C4H11NO3S2.Na/c1-5-3-2-4-9-10(6,7)8;/h5H,2-4H2,1H3,(H,6,7,8);/q;+1/p-1. The van der Waals surface area contributed by atoms with E-state index in [1.807, 2.05) is 0 Å². The van der Waals surface area contributed by atoms with Crippen molar-refractivity contribution in [3.63, 3.8) is 0 Å². The van der Waals surface area contributed by atoms with Gasteiger partial charge in [0.15, 0.2) is 0 Å². The minimum atomic E-state index is -4.07. The molecule has 0 amide bonds. The van der Waals surface area contributed by atoms with Crippen molar-refractivity contribution in [3.8, 4) is 0 Å². The molecule has 0 rings (SSSR count). The SMILES string of the molecule is CNCCCSS(=O)(=O)[O-].[Na+]. The zero-order valence-corrected chi connectivity index (χ0v) is 10.3. The van der Waals surface area contributed by atoms with Crippen LogP contribution in [-0.4, -0.2) is 32.3 Å². The van der Waals surface area contributed by atoms with Crippen molar-refractivity contribution in [2.45, 2.75) is 6.42 Å². The third-order valence-corrected chi connectivity index (χ3v) is 2.91. The fourth-order valence-corrected chi connectivity index (χ4v) is 1.84. The molecule has 0 fully saturated rings. The van der Waals surface area contributed by atoms with Gasteiger partial charge in [-0.05, 0) is 30.8 Å². The zero-order valence-electron chi connectivity index (χ0n) is 6.66. The van der Waals surface area contributed by atoms with E-state index in [9.17, 15) is 13.0 Å².